The standard InChI is InChI=1S/C11H13NOS/c1-3-8-5-6-14-11(8)10(13)9(4-2)7-12/h5-6,9H,3-4H2,1-2H3. The lowest BCUT2D eigenvalue weighted by atomic mass is 9.99. The maximum absolute atomic E-state index is 11.8. The van der Waals surface area contributed by atoms with Gasteiger partial charge in [0, 0.05) is 0 Å². The van der Waals surface area contributed by atoms with Crippen LogP contribution in [0.5, 0.6) is 0 Å². The Morgan fingerprint density at radius 2 is 2.36 bits per heavy atom. The fraction of sp³-hybridized carbons (Fsp3) is 0.455. The molecular formula is C11H13NOS. The van der Waals surface area contributed by atoms with E-state index in [0.29, 0.717) is 6.42 Å². The van der Waals surface area contributed by atoms with E-state index in [4.69, 9.17) is 5.26 Å². The summed E-state index contributed by atoms with van der Waals surface area (Å²) >= 11 is 1.44. The van der Waals surface area contributed by atoms with Crippen molar-refractivity contribution < 1.29 is 4.79 Å². The number of Topliss-reactive ketones (excluding diaryl/α,β-unsaturated/α-hetero) is 1. The molecule has 0 bridgehead atoms. The summed E-state index contributed by atoms with van der Waals surface area (Å²) in [5.74, 6) is -0.485. The molecule has 0 amide bonds. The molecule has 1 heterocycles. The van der Waals surface area contributed by atoms with E-state index >= 15 is 0 Å². The molecule has 1 aromatic heterocycles. The van der Waals surface area contributed by atoms with Gasteiger partial charge in [-0.1, -0.05) is 13.8 Å². The third-order valence-corrected chi connectivity index (χ3v) is 3.20. The second-order valence-corrected chi connectivity index (χ2v) is 4.00. The first-order valence-corrected chi connectivity index (χ1v) is 5.62. The van der Waals surface area contributed by atoms with E-state index in [1.165, 1.54) is 11.3 Å². The van der Waals surface area contributed by atoms with Crippen LogP contribution in [-0.2, 0) is 6.42 Å². The second kappa shape index (κ2) is 4.92. The number of rotatable bonds is 4. The minimum absolute atomic E-state index is 0.0122. The van der Waals surface area contributed by atoms with Crippen LogP contribution >= 0.6 is 11.3 Å². The fourth-order valence-corrected chi connectivity index (χ4v) is 2.31. The lowest BCUT2D eigenvalue weighted by molar-refractivity contribution is 0.0950. The average Bonchev–Trinajstić information content (AvgIpc) is 2.67. The molecule has 0 fully saturated rings. The van der Waals surface area contributed by atoms with Crippen molar-refractivity contribution in [2.24, 2.45) is 5.92 Å². The van der Waals surface area contributed by atoms with Crippen LogP contribution in [0.15, 0.2) is 11.4 Å². The first-order chi connectivity index (χ1) is 6.74. The highest BCUT2D eigenvalue weighted by Gasteiger charge is 2.20. The van der Waals surface area contributed by atoms with Gasteiger partial charge in [-0.05, 0) is 29.9 Å². The molecule has 14 heavy (non-hydrogen) atoms. The Morgan fingerprint density at radius 1 is 1.64 bits per heavy atom. The van der Waals surface area contributed by atoms with Crippen molar-refractivity contribution in [1.82, 2.24) is 0 Å². The predicted molar refractivity (Wildman–Crippen MR) is 57.4 cm³/mol. The van der Waals surface area contributed by atoms with Gasteiger partial charge in [-0.25, -0.2) is 0 Å². The smallest absolute Gasteiger partial charge is 0.190 e. The van der Waals surface area contributed by atoms with Gasteiger partial charge in [0.05, 0.1) is 10.9 Å². The summed E-state index contributed by atoms with van der Waals surface area (Å²) in [6.07, 6.45) is 1.45. The normalized spacial score (nSPS) is 12.1. The zero-order chi connectivity index (χ0) is 10.6. The zero-order valence-electron chi connectivity index (χ0n) is 8.41. The summed E-state index contributed by atoms with van der Waals surface area (Å²) in [6, 6.07) is 4.01. The number of hydrogen-bond acceptors (Lipinski definition) is 3. The van der Waals surface area contributed by atoms with E-state index in [1.807, 2.05) is 31.4 Å². The molecule has 2 nitrogen and oxygen atoms in total. The van der Waals surface area contributed by atoms with Crippen molar-refractivity contribution in [2.75, 3.05) is 0 Å². The van der Waals surface area contributed by atoms with Crippen LogP contribution in [0.25, 0.3) is 0 Å². The molecule has 0 saturated carbocycles. The molecule has 1 rings (SSSR count). The fourth-order valence-electron chi connectivity index (χ4n) is 1.32. The molecule has 0 saturated heterocycles. The summed E-state index contributed by atoms with van der Waals surface area (Å²) in [5, 5.41) is 10.7. The van der Waals surface area contributed by atoms with Crippen molar-refractivity contribution in [3.05, 3.63) is 21.9 Å². The molecule has 74 valence electrons. The van der Waals surface area contributed by atoms with E-state index in [-0.39, 0.29) is 5.78 Å². The van der Waals surface area contributed by atoms with Gasteiger partial charge in [0.25, 0.3) is 0 Å². The quantitative estimate of drug-likeness (QED) is 0.712. The Morgan fingerprint density at radius 3 is 2.86 bits per heavy atom. The van der Waals surface area contributed by atoms with E-state index in [9.17, 15) is 4.79 Å². The number of ketones is 1. The summed E-state index contributed by atoms with van der Waals surface area (Å²) in [5.41, 5.74) is 1.06. The maximum Gasteiger partial charge on any atom is 0.190 e. The zero-order valence-corrected chi connectivity index (χ0v) is 9.23. The van der Waals surface area contributed by atoms with Gasteiger partial charge in [0.1, 0.15) is 5.92 Å². The maximum atomic E-state index is 11.8. The van der Waals surface area contributed by atoms with E-state index in [0.717, 1.165) is 16.9 Å². The van der Waals surface area contributed by atoms with Gasteiger partial charge in [0.15, 0.2) is 5.78 Å². The van der Waals surface area contributed by atoms with Crippen molar-refractivity contribution in [1.29, 1.82) is 5.26 Å². The Bertz CT molecular complexity index is 362. The summed E-state index contributed by atoms with van der Waals surface area (Å²) in [4.78, 5) is 12.6. The van der Waals surface area contributed by atoms with E-state index < -0.39 is 5.92 Å². The van der Waals surface area contributed by atoms with Crippen molar-refractivity contribution in [3.8, 4) is 6.07 Å². The molecule has 0 N–H and O–H groups in total. The van der Waals surface area contributed by atoms with Gasteiger partial charge >= 0.3 is 0 Å². The third-order valence-electron chi connectivity index (χ3n) is 2.23. The van der Waals surface area contributed by atoms with Crippen LogP contribution in [0.2, 0.25) is 0 Å². The Balaban J connectivity index is 2.95. The number of aryl methyl sites for hydroxylation is 1. The van der Waals surface area contributed by atoms with E-state index in [1.54, 1.807) is 0 Å². The highest BCUT2D eigenvalue weighted by molar-refractivity contribution is 7.12. The summed E-state index contributed by atoms with van der Waals surface area (Å²) in [6.45, 7) is 3.89. The lowest BCUT2D eigenvalue weighted by Gasteiger charge is -2.04. The van der Waals surface area contributed by atoms with Crippen molar-refractivity contribution in [2.45, 2.75) is 26.7 Å². The van der Waals surface area contributed by atoms with Crippen molar-refractivity contribution >= 4 is 17.1 Å². The van der Waals surface area contributed by atoms with Crippen molar-refractivity contribution in [3.63, 3.8) is 0 Å². The van der Waals surface area contributed by atoms with Gasteiger partial charge in [-0.2, -0.15) is 5.26 Å². The number of nitrogens with zero attached hydrogens (tertiary/aromatic N) is 1. The lowest BCUT2D eigenvalue weighted by Crippen LogP contribution is -2.11. The van der Waals surface area contributed by atoms with Gasteiger partial charge < -0.3 is 0 Å². The molecule has 0 radical (unpaired) electrons. The summed E-state index contributed by atoms with van der Waals surface area (Å²) < 4.78 is 0. The van der Waals surface area contributed by atoms with Gasteiger partial charge in [0.2, 0.25) is 0 Å². The number of hydrogen-bond donors (Lipinski definition) is 0. The largest absolute Gasteiger partial charge is 0.292 e. The molecule has 0 aliphatic rings. The topological polar surface area (TPSA) is 40.9 Å². The van der Waals surface area contributed by atoms with Gasteiger partial charge in [-0.15, -0.1) is 11.3 Å². The molecule has 1 aromatic rings. The highest BCUT2D eigenvalue weighted by atomic mass is 32.1. The highest BCUT2D eigenvalue weighted by Crippen LogP contribution is 2.22. The number of nitriles is 1. The molecule has 0 aliphatic heterocycles. The predicted octanol–water partition coefficient (Wildman–Crippen LogP) is 3.04. The van der Waals surface area contributed by atoms with Crippen LogP contribution < -0.4 is 0 Å². The molecule has 1 atom stereocenters. The molecule has 0 aliphatic carbocycles. The second-order valence-electron chi connectivity index (χ2n) is 3.08. The molecule has 1 unspecified atom stereocenters. The van der Waals surface area contributed by atoms with Gasteiger partial charge in [-0.3, -0.25) is 4.79 Å². The Hall–Kier alpha value is -1.14. The molecular weight excluding hydrogens is 194 g/mol. The van der Waals surface area contributed by atoms with Crippen LogP contribution in [0.1, 0.15) is 35.5 Å². The number of thiophene rings is 1. The average molecular weight is 207 g/mol. The van der Waals surface area contributed by atoms with Crippen LogP contribution in [0.4, 0.5) is 0 Å². The number of carbonyl (C=O) groups is 1. The van der Waals surface area contributed by atoms with Crippen LogP contribution in [0, 0.1) is 17.2 Å². The molecule has 3 heteroatoms. The van der Waals surface area contributed by atoms with Crippen LogP contribution in [0.3, 0.4) is 0 Å². The molecule has 0 spiro atoms. The first-order valence-electron chi connectivity index (χ1n) is 4.74. The number of carbonyl (C=O) groups excluding carboxylic acids is 1. The Kier molecular flexibility index (Phi) is 3.84. The minimum Gasteiger partial charge on any atom is -0.292 e. The minimum atomic E-state index is -0.473. The Labute approximate surface area is 88.2 Å². The van der Waals surface area contributed by atoms with Crippen LogP contribution in [-0.4, -0.2) is 5.78 Å². The SMILES string of the molecule is CCc1ccsc1C(=O)C(C#N)CC. The summed E-state index contributed by atoms with van der Waals surface area (Å²) in [7, 11) is 0. The monoisotopic (exact) mass is 207 g/mol. The third kappa shape index (κ3) is 2.02. The van der Waals surface area contributed by atoms with E-state index in [2.05, 4.69) is 0 Å². The molecule has 0 aromatic carbocycles. The first kappa shape index (κ1) is 10.9.